The summed E-state index contributed by atoms with van der Waals surface area (Å²) in [5, 5.41) is 0. The van der Waals surface area contributed by atoms with Crippen LogP contribution in [0.5, 0.6) is 0 Å². The van der Waals surface area contributed by atoms with E-state index in [0.29, 0.717) is 5.69 Å². The van der Waals surface area contributed by atoms with Gasteiger partial charge in [0.05, 0.1) is 0 Å². The third-order valence-electron chi connectivity index (χ3n) is 3.92. The highest BCUT2D eigenvalue weighted by molar-refractivity contribution is 6.05. The van der Waals surface area contributed by atoms with Crippen molar-refractivity contribution in [3.05, 3.63) is 30.1 Å². The molecule has 1 aromatic carbocycles. The zero-order chi connectivity index (χ0) is 14.2. The van der Waals surface area contributed by atoms with Crippen molar-refractivity contribution in [1.29, 1.82) is 0 Å². The summed E-state index contributed by atoms with van der Waals surface area (Å²) in [5.41, 5.74) is 12.0. The molecule has 106 valence electrons. The fraction of sp³-hybridized carbons (Fsp3) is 0.429. The highest BCUT2D eigenvalue weighted by atomic mass is 19.1. The first-order chi connectivity index (χ1) is 9.61. The molecule has 0 amide bonds. The van der Waals surface area contributed by atoms with Crippen LogP contribution in [0.3, 0.4) is 0 Å². The summed E-state index contributed by atoms with van der Waals surface area (Å²) in [5.74, 6) is 0.186. The van der Waals surface area contributed by atoms with Gasteiger partial charge in [-0.25, -0.2) is 9.38 Å². The molecule has 3 rings (SSSR count). The van der Waals surface area contributed by atoms with E-state index < -0.39 is 5.66 Å². The van der Waals surface area contributed by atoms with Crippen molar-refractivity contribution in [1.82, 2.24) is 0 Å². The van der Waals surface area contributed by atoms with Crippen LogP contribution in [0.1, 0.15) is 32.1 Å². The molecule has 1 saturated carbocycles. The average Bonchev–Trinajstić information content (AvgIpc) is 2.38. The van der Waals surface area contributed by atoms with Gasteiger partial charge >= 0.3 is 0 Å². The van der Waals surface area contributed by atoms with Gasteiger partial charge in [-0.05, 0) is 43.9 Å². The van der Waals surface area contributed by atoms with Crippen LogP contribution in [0.4, 0.5) is 10.1 Å². The van der Waals surface area contributed by atoms with Crippen LogP contribution in [-0.4, -0.2) is 17.6 Å². The van der Waals surface area contributed by atoms with Gasteiger partial charge in [0, 0.05) is 5.69 Å². The lowest BCUT2D eigenvalue weighted by molar-refractivity contribution is 0.305. The molecule has 1 aromatic rings. The van der Waals surface area contributed by atoms with Crippen LogP contribution < -0.4 is 16.4 Å². The lowest BCUT2D eigenvalue weighted by atomic mass is 9.87. The number of benzene rings is 1. The van der Waals surface area contributed by atoms with Gasteiger partial charge in [0.15, 0.2) is 0 Å². The minimum Gasteiger partial charge on any atom is -0.369 e. The van der Waals surface area contributed by atoms with Gasteiger partial charge in [-0.3, -0.25) is 4.90 Å². The molecule has 20 heavy (non-hydrogen) atoms. The van der Waals surface area contributed by atoms with Crippen LogP contribution >= 0.6 is 0 Å². The first-order valence-electron chi connectivity index (χ1n) is 6.86. The fourth-order valence-corrected chi connectivity index (χ4v) is 3.11. The number of halogens is 1. The molecular formula is C14H18FN5. The van der Waals surface area contributed by atoms with E-state index in [0.717, 1.165) is 25.7 Å². The Labute approximate surface area is 117 Å². The van der Waals surface area contributed by atoms with Gasteiger partial charge < -0.3 is 11.5 Å². The molecule has 1 aliphatic heterocycles. The summed E-state index contributed by atoms with van der Waals surface area (Å²) in [6.07, 6.45) is 4.97. The largest absolute Gasteiger partial charge is 0.369 e. The first-order valence-corrected chi connectivity index (χ1v) is 6.86. The predicted octanol–water partition coefficient (Wildman–Crippen LogP) is 1.94. The molecule has 0 aromatic heterocycles. The van der Waals surface area contributed by atoms with Crippen molar-refractivity contribution in [3.8, 4) is 0 Å². The highest BCUT2D eigenvalue weighted by Gasteiger charge is 2.42. The Morgan fingerprint density at radius 1 is 1.15 bits per heavy atom. The average molecular weight is 275 g/mol. The van der Waals surface area contributed by atoms with Gasteiger partial charge in [0.1, 0.15) is 11.5 Å². The Bertz CT molecular complexity index is 575. The second-order valence-corrected chi connectivity index (χ2v) is 5.30. The number of anilines is 1. The van der Waals surface area contributed by atoms with Crippen LogP contribution in [0, 0.1) is 5.82 Å². The summed E-state index contributed by atoms with van der Waals surface area (Å²) in [4.78, 5) is 10.4. The highest BCUT2D eigenvalue weighted by Crippen LogP contribution is 2.39. The van der Waals surface area contributed by atoms with Gasteiger partial charge in [0.25, 0.3) is 0 Å². The van der Waals surface area contributed by atoms with E-state index in [9.17, 15) is 4.39 Å². The van der Waals surface area contributed by atoms with Crippen molar-refractivity contribution in [2.75, 3.05) is 4.90 Å². The van der Waals surface area contributed by atoms with E-state index in [1.807, 2.05) is 11.0 Å². The topological polar surface area (TPSA) is 80.0 Å². The van der Waals surface area contributed by atoms with E-state index >= 15 is 0 Å². The Hall–Kier alpha value is -2.11. The maximum atomic E-state index is 13.5. The monoisotopic (exact) mass is 275 g/mol. The molecule has 0 atom stereocenters. The molecule has 0 saturated heterocycles. The smallest absolute Gasteiger partial charge is 0.220 e. The van der Waals surface area contributed by atoms with E-state index in [4.69, 9.17) is 11.5 Å². The number of guanidine groups is 2. The lowest BCUT2D eigenvalue weighted by Crippen LogP contribution is -2.58. The van der Waals surface area contributed by atoms with Crippen LogP contribution in [0.25, 0.3) is 0 Å². The number of nitrogens with zero attached hydrogens (tertiary/aromatic N) is 3. The third-order valence-corrected chi connectivity index (χ3v) is 3.92. The zero-order valence-electron chi connectivity index (χ0n) is 11.2. The van der Waals surface area contributed by atoms with Gasteiger partial charge in [-0.2, -0.15) is 4.99 Å². The minimum absolute atomic E-state index is 0.206. The van der Waals surface area contributed by atoms with Crippen LogP contribution in [0.2, 0.25) is 0 Å². The summed E-state index contributed by atoms with van der Waals surface area (Å²) < 4.78 is 13.5. The third kappa shape index (κ3) is 2.11. The maximum absolute atomic E-state index is 13.5. The molecule has 1 spiro atoms. The molecule has 1 heterocycles. The molecule has 0 unspecified atom stereocenters. The molecular weight excluding hydrogens is 257 g/mol. The second-order valence-electron chi connectivity index (χ2n) is 5.30. The molecule has 6 heteroatoms. The Kier molecular flexibility index (Phi) is 3.08. The van der Waals surface area contributed by atoms with Crippen molar-refractivity contribution >= 4 is 17.6 Å². The number of aliphatic imine (C=N–C) groups is 2. The molecule has 5 nitrogen and oxygen atoms in total. The molecule has 0 bridgehead atoms. The van der Waals surface area contributed by atoms with E-state index in [1.54, 1.807) is 6.07 Å². The van der Waals surface area contributed by atoms with E-state index in [2.05, 4.69) is 9.98 Å². The molecule has 0 radical (unpaired) electrons. The van der Waals surface area contributed by atoms with Crippen LogP contribution in [0.15, 0.2) is 34.3 Å². The fourth-order valence-electron chi connectivity index (χ4n) is 3.11. The Balaban J connectivity index is 2.08. The number of hydrogen-bond acceptors (Lipinski definition) is 5. The molecule has 2 aliphatic rings. The normalized spacial score (nSPS) is 21.6. The quantitative estimate of drug-likeness (QED) is 0.822. The minimum atomic E-state index is -0.512. The molecule has 4 N–H and O–H groups in total. The lowest BCUT2D eigenvalue weighted by Gasteiger charge is -2.45. The first kappa shape index (κ1) is 12.9. The van der Waals surface area contributed by atoms with Crippen LogP contribution in [-0.2, 0) is 0 Å². The van der Waals surface area contributed by atoms with Crippen molar-refractivity contribution < 1.29 is 4.39 Å². The maximum Gasteiger partial charge on any atom is 0.220 e. The summed E-state index contributed by atoms with van der Waals surface area (Å²) >= 11 is 0. The zero-order valence-corrected chi connectivity index (χ0v) is 11.2. The summed E-state index contributed by atoms with van der Waals surface area (Å²) in [6, 6.07) is 6.34. The van der Waals surface area contributed by atoms with Gasteiger partial charge in [-0.1, -0.05) is 12.5 Å². The van der Waals surface area contributed by atoms with Gasteiger partial charge in [-0.15, -0.1) is 0 Å². The standard InChI is InChI=1S/C14H18FN5/c15-10-5-4-6-11(9-10)20-13(17)18-12(16)19-14(20)7-2-1-3-8-14/h4-6,9H,1-3,7-8H2,(H4,16,17,18,19). The van der Waals surface area contributed by atoms with E-state index in [1.165, 1.54) is 18.6 Å². The summed E-state index contributed by atoms with van der Waals surface area (Å²) in [6.45, 7) is 0. The molecule has 1 fully saturated rings. The molecule has 1 aliphatic carbocycles. The number of nitrogens with two attached hydrogens (primary N) is 2. The Morgan fingerprint density at radius 3 is 2.60 bits per heavy atom. The number of rotatable bonds is 1. The van der Waals surface area contributed by atoms with Gasteiger partial charge in [0.2, 0.25) is 11.9 Å². The SMILES string of the molecule is NC1=NC2(CCCCC2)N(c2cccc(F)c2)C(N)=N1. The Morgan fingerprint density at radius 2 is 1.90 bits per heavy atom. The second kappa shape index (κ2) is 4.77. The van der Waals surface area contributed by atoms with Crippen molar-refractivity contribution in [3.63, 3.8) is 0 Å². The predicted molar refractivity (Wildman–Crippen MR) is 77.9 cm³/mol. The van der Waals surface area contributed by atoms with Crippen molar-refractivity contribution in [2.45, 2.75) is 37.8 Å². The van der Waals surface area contributed by atoms with Crippen molar-refractivity contribution in [2.24, 2.45) is 21.5 Å². The summed E-state index contributed by atoms with van der Waals surface area (Å²) in [7, 11) is 0. The number of hydrogen-bond donors (Lipinski definition) is 2. The van der Waals surface area contributed by atoms with E-state index in [-0.39, 0.29) is 17.7 Å².